The first-order chi connectivity index (χ1) is 20.8. The number of rotatable bonds is 18. The Morgan fingerprint density at radius 2 is 1.30 bits per heavy atom. The van der Waals surface area contributed by atoms with Crippen molar-refractivity contribution in [2.75, 3.05) is 6.54 Å². The van der Waals surface area contributed by atoms with Gasteiger partial charge in [-0.05, 0) is 48.9 Å². The van der Waals surface area contributed by atoms with E-state index in [2.05, 4.69) is 20.9 Å². The molecule has 4 atom stereocenters. The lowest BCUT2D eigenvalue weighted by atomic mass is 10.0. The molecule has 0 bridgehead atoms. The van der Waals surface area contributed by atoms with E-state index in [9.17, 15) is 34.2 Å². The van der Waals surface area contributed by atoms with E-state index in [1.807, 2.05) is 0 Å². The number of guanidine groups is 1. The first kappa shape index (κ1) is 35.0. The van der Waals surface area contributed by atoms with Gasteiger partial charge in [0.1, 0.15) is 23.9 Å². The van der Waals surface area contributed by atoms with Crippen LogP contribution < -0.4 is 38.9 Å². The van der Waals surface area contributed by atoms with Gasteiger partial charge in [0.05, 0.1) is 6.04 Å². The maximum absolute atomic E-state index is 13.4. The largest absolute Gasteiger partial charge is 0.508 e. The van der Waals surface area contributed by atoms with Gasteiger partial charge in [-0.25, -0.2) is 4.79 Å². The van der Waals surface area contributed by atoms with Crippen molar-refractivity contribution < 1.29 is 34.2 Å². The maximum Gasteiger partial charge on any atom is 0.326 e. The Hall–Kier alpha value is -5.18. The summed E-state index contributed by atoms with van der Waals surface area (Å²) in [5.74, 6) is -4.38. The molecule has 2 rings (SSSR count). The zero-order valence-electron chi connectivity index (χ0n) is 24.1. The van der Waals surface area contributed by atoms with E-state index in [4.69, 9.17) is 22.9 Å². The molecule has 2 aromatic carbocycles. The minimum Gasteiger partial charge on any atom is -0.508 e. The van der Waals surface area contributed by atoms with Crippen molar-refractivity contribution in [1.82, 2.24) is 16.0 Å². The molecule has 0 heterocycles. The number of primary amides is 1. The van der Waals surface area contributed by atoms with Crippen LogP contribution in [-0.2, 0) is 36.8 Å². The zero-order valence-corrected chi connectivity index (χ0v) is 24.1. The SMILES string of the molecule is NC(=O)CCC(NC(=O)C(N)Cc1ccc(O)cc1)C(=O)NC(Cc1ccccc1)C(=O)NC(CCCN=C(N)N)C(=O)O. The van der Waals surface area contributed by atoms with Crippen LogP contribution >= 0.6 is 0 Å². The van der Waals surface area contributed by atoms with Gasteiger partial charge >= 0.3 is 5.97 Å². The van der Waals surface area contributed by atoms with Crippen LogP contribution in [0.1, 0.15) is 36.8 Å². The number of benzene rings is 2. The number of amides is 4. The van der Waals surface area contributed by atoms with Gasteiger partial charge in [0.25, 0.3) is 0 Å². The Bertz CT molecular complexity index is 1300. The lowest BCUT2D eigenvalue weighted by Gasteiger charge is -2.25. The van der Waals surface area contributed by atoms with Crippen LogP contribution in [0.5, 0.6) is 5.75 Å². The van der Waals surface area contributed by atoms with Gasteiger partial charge in [0, 0.05) is 19.4 Å². The minimum absolute atomic E-state index is 0.00436. The van der Waals surface area contributed by atoms with Crippen molar-refractivity contribution in [2.45, 2.75) is 62.7 Å². The Labute approximate surface area is 254 Å². The van der Waals surface area contributed by atoms with Crippen molar-refractivity contribution in [3.8, 4) is 5.75 Å². The quantitative estimate of drug-likeness (QED) is 0.0526. The highest BCUT2D eigenvalue weighted by Gasteiger charge is 2.30. The number of phenolic OH excluding ortho intramolecular Hbond substituents is 1. The number of nitrogens with two attached hydrogens (primary N) is 4. The Morgan fingerprint density at radius 3 is 1.89 bits per heavy atom. The molecule has 15 heteroatoms. The predicted molar refractivity (Wildman–Crippen MR) is 162 cm³/mol. The van der Waals surface area contributed by atoms with Gasteiger partial charge in [0.2, 0.25) is 23.6 Å². The van der Waals surface area contributed by atoms with Gasteiger partial charge in [0.15, 0.2) is 5.96 Å². The van der Waals surface area contributed by atoms with Gasteiger partial charge in [-0.1, -0.05) is 42.5 Å². The summed E-state index contributed by atoms with van der Waals surface area (Å²) in [4.78, 5) is 66.8. The van der Waals surface area contributed by atoms with Gasteiger partial charge in [-0.2, -0.15) is 0 Å². The minimum atomic E-state index is -1.30. The van der Waals surface area contributed by atoms with Crippen molar-refractivity contribution in [2.24, 2.45) is 27.9 Å². The second-order valence-electron chi connectivity index (χ2n) is 10.1. The number of carbonyl (C=O) groups excluding carboxylic acids is 4. The molecule has 0 saturated carbocycles. The molecular formula is C29H40N8O7. The van der Waals surface area contributed by atoms with Crippen LogP contribution in [0.4, 0.5) is 0 Å². The van der Waals surface area contributed by atoms with E-state index in [1.165, 1.54) is 12.1 Å². The van der Waals surface area contributed by atoms with Crippen LogP contribution in [0.3, 0.4) is 0 Å². The summed E-state index contributed by atoms with van der Waals surface area (Å²) in [6.45, 7) is 0.155. The fraction of sp³-hybridized carbons (Fsp3) is 0.379. The Morgan fingerprint density at radius 1 is 0.727 bits per heavy atom. The average Bonchev–Trinajstić information content (AvgIpc) is 2.97. The van der Waals surface area contributed by atoms with E-state index in [-0.39, 0.29) is 56.8 Å². The molecule has 15 nitrogen and oxygen atoms in total. The highest BCUT2D eigenvalue weighted by atomic mass is 16.4. The number of carboxylic acid groups (broad SMARTS) is 1. The van der Waals surface area contributed by atoms with Crippen LogP contribution in [0.25, 0.3) is 0 Å². The number of phenols is 1. The normalized spacial score (nSPS) is 13.4. The molecule has 2 aromatic rings. The van der Waals surface area contributed by atoms with E-state index in [0.717, 1.165) is 0 Å². The summed E-state index contributed by atoms with van der Waals surface area (Å²) >= 11 is 0. The number of hydrogen-bond acceptors (Lipinski definition) is 8. The van der Waals surface area contributed by atoms with Crippen LogP contribution in [0.2, 0.25) is 0 Å². The Balaban J connectivity index is 2.20. The standard InChI is InChI=1S/C29H40N8O7/c30-20(15-18-8-10-19(38)11-9-18)25(40)35-21(12-13-24(31)39)26(41)37-23(16-17-5-2-1-3-6-17)27(42)36-22(28(43)44)7-4-14-34-29(32)33/h1-3,5-6,8-11,20-23,38H,4,7,12-16,30H2,(H2,31,39)(H,35,40)(H,36,42)(H,37,41)(H,43,44)(H4,32,33,34). The number of nitrogens with zero attached hydrogens (tertiary/aromatic N) is 1. The molecule has 0 radical (unpaired) electrons. The molecule has 0 aliphatic heterocycles. The molecule has 0 fully saturated rings. The molecule has 44 heavy (non-hydrogen) atoms. The summed E-state index contributed by atoms with van der Waals surface area (Å²) in [5.41, 5.74) is 23.2. The fourth-order valence-electron chi connectivity index (χ4n) is 4.18. The first-order valence-corrected chi connectivity index (χ1v) is 13.9. The number of carboxylic acids is 1. The maximum atomic E-state index is 13.4. The average molecular weight is 613 g/mol. The summed E-state index contributed by atoms with van der Waals surface area (Å²) in [7, 11) is 0. The molecule has 238 valence electrons. The number of nitrogens with one attached hydrogen (secondary N) is 3. The van der Waals surface area contributed by atoms with Crippen molar-refractivity contribution in [3.05, 3.63) is 65.7 Å². The lowest BCUT2D eigenvalue weighted by molar-refractivity contribution is -0.142. The van der Waals surface area contributed by atoms with Crippen molar-refractivity contribution >= 4 is 35.6 Å². The lowest BCUT2D eigenvalue weighted by Crippen LogP contribution is -2.57. The summed E-state index contributed by atoms with van der Waals surface area (Å²) in [6.07, 6.45) is -0.0692. The van der Waals surface area contributed by atoms with E-state index in [0.29, 0.717) is 11.1 Å². The molecule has 4 unspecified atom stereocenters. The van der Waals surface area contributed by atoms with E-state index < -0.39 is 53.8 Å². The number of aliphatic imine (C=N–C) groups is 1. The molecule has 0 aromatic heterocycles. The fourth-order valence-corrected chi connectivity index (χ4v) is 4.18. The summed E-state index contributed by atoms with van der Waals surface area (Å²) in [6, 6.07) is 9.86. The second-order valence-corrected chi connectivity index (χ2v) is 10.1. The third-order valence-corrected chi connectivity index (χ3v) is 6.52. The highest BCUT2D eigenvalue weighted by molar-refractivity contribution is 5.94. The van der Waals surface area contributed by atoms with Gasteiger partial charge in [-0.3, -0.25) is 24.2 Å². The molecule has 13 N–H and O–H groups in total. The summed E-state index contributed by atoms with van der Waals surface area (Å²) < 4.78 is 0. The second kappa shape index (κ2) is 17.7. The molecule has 0 spiro atoms. The van der Waals surface area contributed by atoms with E-state index >= 15 is 0 Å². The summed E-state index contributed by atoms with van der Waals surface area (Å²) in [5, 5.41) is 26.7. The topological polar surface area (TPSA) is 278 Å². The first-order valence-electron chi connectivity index (χ1n) is 13.9. The number of hydrogen-bond donors (Lipinski definition) is 9. The third-order valence-electron chi connectivity index (χ3n) is 6.52. The Kier molecular flexibility index (Phi) is 14.1. The number of aromatic hydroxyl groups is 1. The molecule has 4 amide bonds. The van der Waals surface area contributed by atoms with E-state index in [1.54, 1.807) is 42.5 Å². The molecule has 0 saturated heterocycles. The van der Waals surface area contributed by atoms with Gasteiger partial charge in [-0.15, -0.1) is 0 Å². The predicted octanol–water partition coefficient (Wildman–Crippen LogP) is -1.64. The molecule has 0 aliphatic carbocycles. The van der Waals surface area contributed by atoms with Crippen molar-refractivity contribution in [3.63, 3.8) is 0 Å². The molecule has 0 aliphatic rings. The molecular weight excluding hydrogens is 572 g/mol. The monoisotopic (exact) mass is 612 g/mol. The third kappa shape index (κ3) is 12.8. The zero-order chi connectivity index (χ0) is 32.6. The number of aliphatic carboxylic acids is 1. The van der Waals surface area contributed by atoms with Crippen LogP contribution in [-0.4, -0.2) is 76.5 Å². The number of carbonyl (C=O) groups is 5. The van der Waals surface area contributed by atoms with Gasteiger partial charge < -0.3 is 49.1 Å². The van der Waals surface area contributed by atoms with Crippen LogP contribution in [0.15, 0.2) is 59.6 Å². The smallest absolute Gasteiger partial charge is 0.326 e. The van der Waals surface area contributed by atoms with Crippen molar-refractivity contribution in [1.29, 1.82) is 0 Å². The highest BCUT2D eigenvalue weighted by Crippen LogP contribution is 2.12. The van der Waals surface area contributed by atoms with Crippen LogP contribution in [0, 0.1) is 0 Å².